The van der Waals surface area contributed by atoms with Gasteiger partial charge >= 0.3 is 22.4 Å². The van der Waals surface area contributed by atoms with Crippen LogP contribution in [0.1, 0.15) is 42.3 Å². The normalized spacial score (nSPS) is 23.7. The maximum atomic E-state index is 12.3. The molecule has 0 aromatic carbocycles. The highest BCUT2D eigenvalue weighted by Gasteiger charge is 2.49. The van der Waals surface area contributed by atoms with E-state index in [1.165, 1.54) is 4.90 Å². The number of esters is 1. The highest BCUT2D eigenvalue weighted by molar-refractivity contribution is 7.80. The van der Waals surface area contributed by atoms with Crippen molar-refractivity contribution >= 4 is 22.4 Å². The van der Waals surface area contributed by atoms with Gasteiger partial charge in [-0.15, -0.1) is 4.28 Å². The molecule has 2 fully saturated rings. The zero-order valence-corrected chi connectivity index (χ0v) is 13.3. The molecule has 2 aliphatic heterocycles. The van der Waals surface area contributed by atoms with Crippen LogP contribution in [0, 0.1) is 0 Å². The number of aromatic nitrogens is 2. The molecule has 132 valence electrons. The third-order valence-electron chi connectivity index (χ3n) is 3.68. The first-order valence-corrected chi connectivity index (χ1v) is 8.44. The second-order valence-corrected chi connectivity index (χ2v) is 6.19. The summed E-state index contributed by atoms with van der Waals surface area (Å²) in [6.45, 7) is 1.95. The Kier molecular flexibility index (Phi) is 4.15. The zero-order chi connectivity index (χ0) is 17.5. The van der Waals surface area contributed by atoms with E-state index in [4.69, 9.17) is 13.8 Å². The summed E-state index contributed by atoms with van der Waals surface area (Å²) in [6.07, 6.45) is 0.783. The molecule has 1 aromatic rings. The van der Waals surface area contributed by atoms with Crippen molar-refractivity contribution in [1.82, 2.24) is 20.1 Å². The van der Waals surface area contributed by atoms with E-state index in [-0.39, 0.29) is 24.9 Å². The molecule has 2 aliphatic rings. The molecule has 2 bridgehead atoms. The highest BCUT2D eigenvalue weighted by atomic mass is 32.3. The average Bonchev–Trinajstić information content (AvgIpc) is 3.08. The van der Waals surface area contributed by atoms with Crippen molar-refractivity contribution in [3.63, 3.8) is 0 Å². The Bertz CT molecular complexity index is 762. The van der Waals surface area contributed by atoms with Crippen LogP contribution in [0.5, 0.6) is 0 Å². The number of amides is 2. The molecule has 0 radical (unpaired) electrons. The average molecular weight is 362 g/mol. The fourth-order valence-corrected chi connectivity index (χ4v) is 3.13. The lowest BCUT2D eigenvalue weighted by Gasteiger charge is -2.27. The molecular formula is C11H14N4O8S. The molecule has 13 heteroatoms. The molecule has 1 N–H and O–H groups in total. The Labute approximate surface area is 136 Å². The number of ether oxygens (including phenoxy) is 1. The minimum atomic E-state index is -4.81. The summed E-state index contributed by atoms with van der Waals surface area (Å²) in [5.41, 5.74) is 0. The van der Waals surface area contributed by atoms with Gasteiger partial charge in [-0.1, -0.05) is 0 Å². The number of nitrogens with zero attached hydrogens (tertiary/aromatic N) is 4. The number of carbonyl (C=O) groups excluding carboxylic acids is 2. The Balaban J connectivity index is 1.78. The van der Waals surface area contributed by atoms with E-state index in [9.17, 15) is 18.0 Å². The molecule has 0 saturated carbocycles. The summed E-state index contributed by atoms with van der Waals surface area (Å²) in [5, 5.41) is 4.13. The van der Waals surface area contributed by atoms with Crippen molar-refractivity contribution in [2.45, 2.75) is 31.8 Å². The molecule has 0 aliphatic carbocycles. The topological polar surface area (TPSA) is 152 Å². The maximum Gasteiger partial charge on any atom is 0.418 e. The van der Waals surface area contributed by atoms with Crippen LogP contribution in [-0.2, 0) is 19.4 Å². The van der Waals surface area contributed by atoms with Crippen molar-refractivity contribution in [2.24, 2.45) is 0 Å². The van der Waals surface area contributed by atoms with Crippen LogP contribution in [0.3, 0.4) is 0 Å². The number of hydrogen-bond acceptors (Lipinski definition) is 9. The Morgan fingerprint density at radius 3 is 2.88 bits per heavy atom. The van der Waals surface area contributed by atoms with E-state index in [0.717, 1.165) is 0 Å². The molecule has 12 nitrogen and oxygen atoms in total. The molecule has 0 spiro atoms. The monoisotopic (exact) mass is 362 g/mol. The number of piperidine rings is 1. The van der Waals surface area contributed by atoms with Crippen LogP contribution in [0.15, 0.2) is 4.52 Å². The van der Waals surface area contributed by atoms with Crippen LogP contribution in [0.25, 0.3) is 0 Å². The molecule has 3 heterocycles. The van der Waals surface area contributed by atoms with Crippen molar-refractivity contribution in [1.29, 1.82) is 0 Å². The van der Waals surface area contributed by atoms with Gasteiger partial charge in [0.05, 0.1) is 12.6 Å². The first-order valence-electron chi connectivity index (χ1n) is 7.07. The van der Waals surface area contributed by atoms with E-state index in [0.29, 0.717) is 17.9 Å². The quantitative estimate of drug-likeness (QED) is 0.556. The van der Waals surface area contributed by atoms with Crippen molar-refractivity contribution < 1.29 is 36.1 Å². The predicted octanol–water partition coefficient (Wildman–Crippen LogP) is -0.0782. The van der Waals surface area contributed by atoms with Gasteiger partial charge in [-0.05, 0) is 24.9 Å². The first-order chi connectivity index (χ1) is 11.3. The summed E-state index contributed by atoms with van der Waals surface area (Å²) < 4.78 is 44.5. The summed E-state index contributed by atoms with van der Waals surface area (Å²) in [4.78, 5) is 29.0. The largest absolute Gasteiger partial charge is 0.460 e. The number of hydroxylamine groups is 2. The summed E-state index contributed by atoms with van der Waals surface area (Å²) in [6, 6.07) is -1.90. The minimum Gasteiger partial charge on any atom is -0.460 e. The zero-order valence-electron chi connectivity index (χ0n) is 12.5. The number of hydrogen-bond donors (Lipinski definition) is 1. The smallest absolute Gasteiger partial charge is 0.418 e. The number of urea groups is 1. The lowest BCUT2D eigenvalue weighted by molar-refractivity contribution is -0.0317. The molecule has 24 heavy (non-hydrogen) atoms. The van der Waals surface area contributed by atoms with Crippen LogP contribution >= 0.6 is 0 Å². The van der Waals surface area contributed by atoms with Crippen LogP contribution in [0.4, 0.5) is 4.79 Å². The van der Waals surface area contributed by atoms with Crippen LogP contribution < -0.4 is 0 Å². The first kappa shape index (κ1) is 16.6. The Hall–Kier alpha value is -2.25. The lowest BCUT2D eigenvalue weighted by Crippen LogP contribution is -2.35. The lowest BCUT2D eigenvalue weighted by atomic mass is 10.0. The van der Waals surface area contributed by atoms with Crippen molar-refractivity contribution in [3.05, 3.63) is 11.7 Å². The van der Waals surface area contributed by atoms with E-state index in [1.54, 1.807) is 6.92 Å². The predicted molar refractivity (Wildman–Crippen MR) is 72.6 cm³/mol. The summed E-state index contributed by atoms with van der Waals surface area (Å²) >= 11 is 0. The molecule has 1 aromatic heterocycles. The fraction of sp³-hybridized carbons (Fsp3) is 0.636. The van der Waals surface area contributed by atoms with Gasteiger partial charge in [-0.25, -0.2) is 9.59 Å². The Morgan fingerprint density at radius 2 is 2.21 bits per heavy atom. The molecule has 2 atom stereocenters. The molecule has 2 saturated heterocycles. The second-order valence-electron chi connectivity index (χ2n) is 5.19. The number of rotatable bonds is 5. The number of fused-ring (bicyclic) bond motifs is 2. The highest BCUT2D eigenvalue weighted by Crippen LogP contribution is 2.38. The van der Waals surface area contributed by atoms with E-state index < -0.39 is 34.5 Å². The van der Waals surface area contributed by atoms with Gasteiger partial charge in [0.25, 0.3) is 5.82 Å². The van der Waals surface area contributed by atoms with E-state index in [1.807, 2.05) is 0 Å². The van der Waals surface area contributed by atoms with Gasteiger partial charge in [0.2, 0.25) is 5.89 Å². The van der Waals surface area contributed by atoms with Gasteiger partial charge in [0.1, 0.15) is 6.04 Å². The van der Waals surface area contributed by atoms with Crippen molar-refractivity contribution in [2.75, 3.05) is 13.2 Å². The van der Waals surface area contributed by atoms with Gasteiger partial charge in [0.15, 0.2) is 0 Å². The standard InChI is InChI=1S/C11H14N4O8S/c1-2-21-10(16)8-12-9(22-13-8)7-4-3-6-5-14(7)11(17)15(6)23-24(18,19)20/h6-7H,2-5H2,1H3,(H,18,19,20). The van der Waals surface area contributed by atoms with Gasteiger partial charge in [-0.2, -0.15) is 18.5 Å². The van der Waals surface area contributed by atoms with Gasteiger partial charge in [0, 0.05) is 6.54 Å². The molecule has 3 rings (SSSR count). The third kappa shape index (κ3) is 3.05. The fourth-order valence-electron chi connectivity index (χ4n) is 2.74. The van der Waals surface area contributed by atoms with Crippen LogP contribution in [0.2, 0.25) is 0 Å². The van der Waals surface area contributed by atoms with E-state index in [2.05, 4.69) is 14.4 Å². The SMILES string of the molecule is CCOC(=O)c1noc(C2CCC3CN2C(=O)N3OS(=O)(=O)O)n1. The summed E-state index contributed by atoms with van der Waals surface area (Å²) in [7, 11) is -4.81. The molecule has 2 unspecified atom stereocenters. The van der Waals surface area contributed by atoms with Gasteiger partial charge in [-0.3, -0.25) is 4.55 Å². The minimum absolute atomic E-state index is 0.0403. The molecular weight excluding hydrogens is 348 g/mol. The third-order valence-corrected chi connectivity index (χ3v) is 4.03. The van der Waals surface area contributed by atoms with E-state index >= 15 is 0 Å². The second kappa shape index (κ2) is 5.99. The summed E-state index contributed by atoms with van der Waals surface area (Å²) in [5.74, 6) is -0.963. The van der Waals surface area contributed by atoms with Crippen molar-refractivity contribution in [3.8, 4) is 0 Å². The maximum absolute atomic E-state index is 12.3. The Morgan fingerprint density at radius 1 is 1.46 bits per heavy atom. The number of carbonyl (C=O) groups is 2. The van der Waals surface area contributed by atoms with Crippen LogP contribution in [-0.4, -0.2) is 64.3 Å². The van der Waals surface area contributed by atoms with Gasteiger partial charge < -0.3 is 14.2 Å². The molecule has 2 amide bonds.